The largest absolute Gasteiger partial charge is 0.392 e. The van der Waals surface area contributed by atoms with Gasteiger partial charge in [0.25, 0.3) is 0 Å². The van der Waals surface area contributed by atoms with E-state index in [1.807, 2.05) is 24.3 Å². The lowest BCUT2D eigenvalue weighted by Crippen LogP contribution is -2.34. The van der Waals surface area contributed by atoms with E-state index in [2.05, 4.69) is 42.2 Å². The van der Waals surface area contributed by atoms with Crippen LogP contribution < -0.4 is 0 Å². The molecule has 1 heterocycles. The Hall–Kier alpha value is -1.91. The van der Waals surface area contributed by atoms with Gasteiger partial charge in [0.2, 0.25) is 0 Å². The number of aliphatic hydroxyl groups excluding tert-OH is 1. The minimum absolute atomic E-state index is 0.208. The lowest BCUT2D eigenvalue weighted by molar-refractivity contribution is 0.0982. The first kappa shape index (κ1) is 21.4. The predicted molar refractivity (Wildman–Crippen MR) is 110 cm³/mol. The van der Waals surface area contributed by atoms with Gasteiger partial charge < -0.3 is 9.67 Å². The second kappa shape index (κ2) is 11.1. The molecular formula is C23H33FN2O. The molecule has 0 amide bonds. The van der Waals surface area contributed by atoms with Gasteiger partial charge in [-0.1, -0.05) is 32.1 Å². The number of nitrogens with zero attached hydrogens (tertiary/aromatic N) is 2. The fraction of sp³-hybridized carbons (Fsp3) is 0.478. The summed E-state index contributed by atoms with van der Waals surface area (Å²) in [6.45, 7) is 11.3. The number of allylic oxidation sites excluding steroid dienone is 1. The summed E-state index contributed by atoms with van der Waals surface area (Å²) in [6, 6.07) is 10.8. The lowest BCUT2D eigenvalue weighted by Gasteiger charge is -2.26. The van der Waals surface area contributed by atoms with Crippen LogP contribution in [-0.4, -0.2) is 33.8 Å². The molecule has 148 valence electrons. The van der Waals surface area contributed by atoms with Crippen LogP contribution in [-0.2, 0) is 13.1 Å². The van der Waals surface area contributed by atoms with Crippen LogP contribution in [0.1, 0.15) is 44.4 Å². The van der Waals surface area contributed by atoms with Gasteiger partial charge in [-0.05, 0) is 61.6 Å². The third-order valence-electron chi connectivity index (χ3n) is 4.77. The van der Waals surface area contributed by atoms with Crippen LogP contribution in [0.25, 0.3) is 0 Å². The fourth-order valence-corrected chi connectivity index (χ4v) is 3.14. The number of halogens is 1. The molecule has 0 saturated heterocycles. The number of hydrogen-bond donors (Lipinski definition) is 1. The minimum atomic E-state index is -0.337. The third-order valence-corrected chi connectivity index (χ3v) is 4.77. The second-order valence-corrected chi connectivity index (χ2v) is 7.69. The van der Waals surface area contributed by atoms with Gasteiger partial charge in [-0.15, -0.1) is 6.58 Å². The normalized spacial score (nSPS) is 12.7. The molecule has 1 unspecified atom stereocenters. The standard InChI is InChI=1S/C23H33FN2O/c1-4-5-8-23(27)18-25(15-13-19(2)3)17-22-7-6-14-26(22)16-20-9-11-21(24)12-10-20/h4,6-7,9-12,14,19,23,27H,1,5,8,13,15-18H2,2-3H3. The van der Waals surface area contributed by atoms with Gasteiger partial charge in [0.05, 0.1) is 6.10 Å². The third kappa shape index (κ3) is 7.69. The molecule has 0 aliphatic heterocycles. The van der Waals surface area contributed by atoms with Gasteiger partial charge in [-0.25, -0.2) is 4.39 Å². The molecule has 0 fully saturated rings. The highest BCUT2D eigenvalue weighted by molar-refractivity contribution is 5.18. The van der Waals surface area contributed by atoms with E-state index in [4.69, 9.17) is 0 Å². The summed E-state index contributed by atoms with van der Waals surface area (Å²) in [5.41, 5.74) is 2.28. The van der Waals surface area contributed by atoms with Crippen molar-refractivity contribution in [2.75, 3.05) is 13.1 Å². The molecule has 4 heteroatoms. The van der Waals surface area contributed by atoms with Gasteiger partial charge in [0.15, 0.2) is 0 Å². The van der Waals surface area contributed by atoms with E-state index < -0.39 is 0 Å². The molecular weight excluding hydrogens is 339 g/mol. The van der Waals surface area contributed by atoms with Crippen molar-refractivity contribution in [2.24, 2.45) is 5.92 Å². The number of hydrogen-bond acceptors (Lipinski definition) is 2. The maximum Gasteiger partial charge on any atom is 0.123 e. The van der Waals surface area contributed by atoms with E-state index >= 15 is 0 Å². The highest BCUT2D eigenvalue weighted by Crippen LogP contribution is 2.14. The van der Waals surface area contributed by atoms with E-state index in [0.717, 1.165) is 44.5 Å². The van der Waals surface area contributed by atoms with Crippen molar-refractivity contribution in [1.29, 1.82) is 0 Å². The molecule has 1 N–H and O–H groups in total. The van der Waals surface area contributed by atoms with E-state index in [1.165, 1.54) is 17.8 Å². The molecule has 0 aliphatic carbocycles. The summed E-state index contributed by atoms with van der Waals surface area (Å²) in [5.74, 6) is 0.420. The van der Waals surface area contributed by atoms with E-state index in [9.17, 15) is 9.50 Å². The smallest absolute Gasteiger partial charge is 0.123 e. The Bertz CT molecular complexity index is 678. The molecule has 0 spiro atoms. The van der Waals surface area contributed by atoms with Crippen LogP contribution in [0.3, 0.4) is 0 Å². The maximum absolute atomic E-state index is 13.1. The zero-order valence-electron chi connectivity index (χ0n) is 16.6. The molecule has 27 heavy (non-hydrogen) atoms. The highest BCUT2D eigenvalue weighted by Gasteiger charge is 2.14. The predicted octanol–water partition coefficient (Wildman–Crippen LogP) is 4.85. The van der Waals surface area contributed by atoms with Crippen molar-refractivity contribution >= 4 is 0 Å². The zero-order valence-corrected chi connectivity index (χ0v) is 16.6. The molecule has 1 aromatic heterocycles. The quantitative estimate of drug-likeness (QED) is 0.540. The van der Waals surface area contributed by atoms with Crippen molar-refractivity contribution in [3.05, 3.63) is 72.3 Å². The average Bonchev–Trinajstić information content (AvgIpc) is 3.06. The number of aliphatic hydroxyl groups is 1. The summed E-state index contributed by atoms with van der Waals surface area (Å²) >= 11 is 0. The Balaban J connectivity index is 2.03. The summed E-state index contributed by atoms with van der Waals surface area (Å²) < 4.78 is 15.3. The fourth-order valence-electron chi connectivity index (χ4n) is 3.14. The zero-order chi connectivity index (χ0) is 19.6. The first-order valence-corrected chi connectivity index (χ1v) is 9.87. The molecule has 0 saturated carbocycles. The maximum atomic E-state index is 13.1. The van der Waals surface area contributed by atoms with Crippen LogP contribution in [0, 0.1) is 11.7 Å². The molecule has 0 radical (unpaired) electrons. The molecule has 0 bridgehead atoms. The number of aromatic nitrogens is 1. The molecule has 2 rings (SSSR count). The Labute approximate surface area is 163 Å². The summed E-state index contributed by atoms with van der Waals surface area (Å²) in [6.07, 6.45) is 6.27. The van der Waals surface area contributed by atoms with Gasteiger partial charge >= 0.3 is 0 Å². The van der Waals surface area contributed by atoms with Gasteiger partial charge in [-0.3, -0.25) is 4.90 Å². The summed E-state index contributed by atoms with van der Waals surface area (Å²) in [4.78, 5) is 2.34. The van der Waals surface area contributed by atoms with Crippen LogP contribution in [0.2, 0.25) is 0 Å². The van der Waals surface area contributed by atoms with Gasteiger partial charge in [-0.2, -0.15) is 0 Å². The van der Waals surface area contributed by atoms with Crippen LogP contribution >= 0.6 is 0 Å². The molecule has 2 aromatic rings. The topological polar surface area (TPSA) is 28.4 Å². The van der Waals surface area contributed by atoms with Crippen molar-refractivity contribution in [3.8, 4) is 0 Å². The van der Waals surface area contributed by atoms with Crippen LogP contribution in [0.15, 0.2) is 55.3 Å². The molecule has 3 nitrogen and oxygen atoms in total. The Morgan fingerprint density at radius 3 is 2.59 bits per heavy atom. The Morgan fingerprint density at radius 1 is 1.19 bits per heavy atom. The van der Waals surface area contributed by atoms with Crippen LogP contribution in [0.5, 0.6) is 0 Å². The summed E-state index contributed by atoms with van der Waals surface area (Å²) in [7, 11) is 0. The first-order valence-electron chi connectivity index (χ1n) is 9.87. The molecule has 0 aliphatic rings. The average molecular weight is 373 g/mol. The molecule has 1 aromatic carbocycles. The lowest BCUT2D eigenvalue weighted by atomic mass is 10.1. The van der Waals surface area contributed by atoms with E-state index in [-0.39, 0.29) is 11.9 Å². The van der Waals surface area contributed by atoms with E-state index in [0.29, 0.717) is 12.5 Å². The van der Waals surface area contributed by atoms with Crippen molar-refractivity contribution in [2.45, 2.75) is 52.3 Å². The van der Waals surface area contributed by atoms with Crippen molar-refractivity contribution < 1.29 is 9.50 Å². The monoisotopic (exact) mass is 372 g/mol. The van der Waals surface area contributed by atoms with E-state index in [1.54, 1.807) is 0 Å². The number of benzene rings is 1. The van der Waals surface area contributed by atoms with Crippen molar-refractivity contribution in [3.63, 3.8) is 0 Å². The Kier molecular flexibility index (Phi) is 8.76. The highest BCUT2D eigenvalue weighted by atomic mass is 19.1. The second-order valence-electron chi connectivity index (χ2n) is 7.69. The molecule has 1 atom stereocenters. The Morgan fingerprint density at radius 2 is 1.93 bits per heavy atom. The van der Waals surface area contributed by atoms with Crippen LogP contribution in [0.4, 0.5) is 4.39 Å². The number of rotatable bonds is 12. The van der Waals surface area contributed by atoms with Crippen molar-refractivity contribution in [1.82, 2.24) is 9.47 Å². The first-order chi connectivity index (χ1) is 13.0. The van der Waals surface area contributed by atoms with Gasteiger partial charge in [0, 0.05) is 31.5 Å². The summed E-state index contributed by atoms with van der Waals surface area (Å²) in [5, 5.41) is 10.3. The van der Waals surface area contributed by atoms with Gasteiger partial charge in [0.1, 0.15) is 5.82 Å². The SMILES string of the molecule is C=CCCC(O)CN(CCC(C)C)Cc1cccn1Cc1ccc(F)cc1. The minimum Gasteiger partial charge on any atom is -0.392 e.